The van der Waals surface area contributed by atoms with Gasteiger partial charge in [-0.2, -0.15) is 0 Å². The first-order valence-corrected chi connectivity index (χ1v) is 8.82. The van der Waals surface area contributed by atoms with Crippen LogP contribution >= 0.6 is 0 Å². The van der Waals surface area contributed by atoms with Gasteiger partial charge in [0.2, 0.25) is 0 Å². The van der Waals surface area contributed by atoms with Crippen molar-refractivity contribution in [3.8, 4) is 0 Å². The number of esters is 1. The zero-order chi connectivity index (χ0) is 17.2. The minimum absolute atomic E-state index is 0.229. The molecule has 0 radical (unpaired) electrons. The molecule has 0 amide bonds. The van der Waals surface area contributed by atoms with E-state index in [0.717, 1.165) is 37.9 Å². The summed E-state index contributed by atoms with van der Waals surface area (Å²) in [6.45, 7) is 5.51. The molecule has 0 heterocycles. The first kappa shape index (κ1) is 18.1. The van der Waals surface area contributed by atoms with Crippen molar-refractivity contribution in [3.63, 3.8) is 0 Å². The number of aryl methyl sites for hydroxylation is 2. The Labute approximate surface area is 145 Å². The second-order valence-corrected chi connectivity index (χ2v) is 5.87. The molecule has 0 atom stereocenters. The molecule has 2 rings (SSSR count). The first-order chi connectivity index (χ1) is 11.7. The molecular weight excluding hydrogens is 298 g/mol. The number of benzene rings is 2. The van der Waals surface area contributed by atoms with Crippen molar-refractivity contribution in [2.45, 2.75) is 39.5 Å². The Morgan fingerprint density at radius 2 is 1.83 bits per heavy atom. The zero-order valence-electron chi connectivity index (χ0n) is 14.7. The Kier molecular flexibility index (Phi) is 7.34. The average Bonchev–Trinajstić information content (AvgIpc) is 2.62. The number of carbonyl (C=O) groups excluding carboxylic acids is 1. The van der Waals surface area contributed by atoms with Gasteiger partial charge in [0.1, 0.15) is 0 Å². The third kappa shape index (κ3) is 5.41. The molecule has 2 aromatic rings. The lowest BCUT2D eigenvalue weighted by Gasteiger charge is -2.10. The summed E-state index contributed by atoms with van der Waals surface area (Å²) < 4.78 is 5.39. The van der Waals surface area contributed by atoms with Crippen LogP contribution in [0.15, 0.2) is 48.5 Å². The lowest BCUT2D eigenvalue weighted by Crippen LogP contribution is -2.11. The number of hydrogen-bond donors (Lipinski definition) is 1. The maximum Gasteiger partial charge on any atom is 0.338 e. The summed E-state index contributed by atoms with van der Waals surface area (Å²) in [4.78, 5) is 12.2. The lowest BCUT2D eigenvalue weighted by molar-refractivity contribution is 0.0503. The molecule has 0 aliphatic heterocycles. The molecule has 0 saturated carbocycles. The van der Waals surface area contributed by atoms with Crippen molar-refractivity contribution in [3.05, 3.63) is 65.2 Å². The predicted molar refractivity (Wildman–Crippen MR) is 99.6 cm³/mol. The van der Waals surface area contributed by atoms with Crippen LogP contribution in [0.2, 0.25) is 0 Å². The summed E-state index contributed by atoms with van der Waals surface area (Å²) in [6.07, 6.45) is 3.90. The summed E-state index contributed by atoms with van der Waals surface area (Å²) in [6, 6.07) is 16.0. The van der Waals surface area contributed by atoms with Crippen molar-refractivity contribution < 1.29 is 9.53 Å². The summed E-state index contributed by atoms with van der Waals surface area (Å²) in [5.41, 5.74) is 4.33. The smallest absolute Gasteiger partial charge is 0.338 e. The van der Waals surface area contributed by atoms with Crippen molar-refractivity contribution in [2.24, 2.45) is 0 Å². The van der Waals surface area contributed by atoms with E-state index in [9.17, 15) is 4.79 Å². The topological polar surface area (TPSA) is 38.3 Å². The van der Waals surface area contributed by atoms with E-state index in [-0.39, 0.29) is 5.97 Å². The number of nitrogens with one attached hydrogen (secondary N) is 1. The van der Waals surface area contributed by atoms with Gasteiger partial charge in [0.05, 0.1) is 12.2 Å². The highest BCUT2D eigenvalue weighted by molar-refractivity contribution is 5.89. The van der Waals surface area contributed by atoms with E-state index in [1.165, 1.54) is 11.1 Å². The summed E-state index contributed by atoms with van der Waals surface area (Å²) >= 11 is 0. The Morgan fingerprint density at radius 1 is 1.04 bits per heavy atom. The standard InChI is InChI=1S/C21H27NO2/c1-3-9-18-12-13-19(16-17(18)4-2)21(23)24-15-8-14-22-20-10-6-5-7-11-20/h5-7,10-13,16,22H,3-4,8-9,14-15H2,1-2H3. The van der Waals surface area contributed by atoms with E-state index in [2.05, 4.69) is 25.2 Å². The molecule has 0 bridgehead atoms. The molecule has 128 valence electrons. The van der Waals surface area contributed by atoms with Crippen LogP contribution < -0.4 is 5.32 Å². The maximum absolute atomic E-state index is 12.2. The van der Waals surface area contributed by atoms with Gasteiger partial charge in [0.15, 0.2) is 0 Å². The van der Waals surface area contributed by atoms with Crippen molar-refractivity contribution in [1.29, 1.82) is 0 Å². The highest BCUT2D eigenvalue weighted by Crippen LogP contribution is 2.16. The maximum atomic E-state index is 12.2. The van der Waals surface area contributed by atoms with Crippen LogP contribution in [0.1, 0.15) is 48.2 Å². The molecule has 1 N–H and O–H groups in total. The van der Waals surface area contributed by atoms with E-state index < -0.39 is 0 Å². The van der Waals surface area contributed by atoms with Crippen LogP contribution in [0.25, 0.3) is 0 Å². The molecule has 0 aliphatic carbocycles. The molecule has 0 unspecified atom stereocenters. The summed E-state index contributed by atoms with van der Waals surface area (Å²) in [7, 11) is 0. The SMILES string of the molecule is CCCc1ccc(C(=O)OCCCNc2ccccc2)cc1CC. The minimum Gasteiger partial charge on any atom is -0.462 e. The van der Waals surface area contributed by atoms with Crippen LogP contribution in [0, 0.1) is 0 Å². The second-order valence-electron chi connectivity index (χ2n) is 5.87. The zero-order valence-corrected chi connectivity index (χ0v) is 14.7. The van der Waals surface area contributed by atoms with Crippen LogP contribution in [0.5, 0.6) is 0 Å². The average molecular weight is 325 g/mol. The quantitative estimate of drug-likeness (QED) is 0.528. The van der Waals surface area contributed by atoms with Gasteiger partial charge in [-0.3, -0.25) is 0 Å². The van der Waals surface area contributed by atoms with Gasteiger partial charge < -0.3 is 10.1 Å². The first-order valence-electron chi connectivity index (χ1n) is 8.82. The Bertz CT molecular complexity index is 638. The number of rotatable bonds is 9. The molecule has 24 heavy (non-hydrogen) atoms. The highest BCUT2D eigenvalue weighted by Gasteiger charge is 2.10. The molecule has 2 aromatic carbocycles. The largest absolute Gasteiger partial charge is 0.462 e. The normalized spacial score (nSPS) is 10.4. The van der Waals surface area contributed by atoms with E-state index in [0.29, 0.717) is 12.2 Å². The fourth-order valence-electron chi connectivity index (χ4n) is 2.70. The molecule has 0 aliphatic rings. The molecular formula is C21H27NO2. The van der Waals surface area contributed by atoms with Gasteiger partial charge in [-0.15, -0.1) is 0 Å². The number of ether oxygens (including phenoxy) is 1. The molecule has 0 fully saturated rings. The van der Waals surface area contributed by atoms with Crippen LogP contribution in [0.4, 0.5) is 5.69 Å². The van der Waals surface area contributed by atoms with Crippen LogP contribution in [-0.2, 0) is 17.6 Å². The molecule has 0 saturated heterocycles. The van der Waals surface area contributed by atoms with Gasteiger partial charge in [0, 0.05) is 12.2 Å². The Hall–Kier alpha value is -2.29. The number of anilines is 1. The number of carbonyl (C=O) groups is 1. The van der Waals surface area contributed by atoms with Gasteiger partial charge in [-0.1, -0.05) is 44.5 Å². The second kappa shape index (κ2) is 9.76. The highest BCUT2D eigenvalue weighted by atomic mass is 16.5. The Balaban J connectivity index is 1.78. The van der Waals surface area contributed by atoms with Crippen LogP contribution in [0.3, 0.4) is 0 Å². The molecule has 0 spiro atoms. The monoisotopic (exact) mass is 325 g/mol. The van der Waals surface area contributed by atoms with Crippen LogP contribution in [-0.4, -0.2) is 19.1 Å². The van der Waals surface area contributed by atoms with Crippen molar-refractivity contribution >= 4 is 11.7 Å². The fourth-order valence-corrected chi connectivity index (χ4v) is 2.70. The van der Waals surface area contributed by atoms with E-state index >= 15 is 0 Å². The molecule has 3 nitrogen and oxygen atoms in total. The van der Waals surface area contributed by atoms with Crippen molar-refractivity contribution in [1.82, 2.24) is 0 Å². The van der Waals surface area contributed by atoms with Gasteiger partial charge in [0.25, 0.3) is 0 Å². The summed E-state index contributed by atoms with van der Waals surface area (Å²) in [5, 5.41) is 3.31. The molecule has 0 aromatic heterocycles. The van der Waals surface area contributed by atoms with E-state index in [1.54, 1.807) is 0 Å². The van der Waals surface area contributed by atoms with Gasteiger partial charge >= 0.3 is 5.97 Å². The lowest BCUT2D eigenvalue weighted by atomic mass is 9.98. The minimum atomic E-state index is -0.229. The molecule has 3 heteroatoms. The number of hydrogen-bond acceptors (Lipinski definition) is 3. The Morgan fingerprint density at radius 3 is 2.54 bits per heavy atom. The van der Waals surface area contributed by atoms with E-state index in [1.807, 2.05) is 42.5 Å². The third-order valence-corrected chi connectivity index (χ3v) is 4.00. The number of para-hydroxylation sites is 1. The van der Waals surface area contributed by atoms with E-state index in [4.69, 9.17) is 4.74 Å². The van der Waals surface area contributed by atoms with Gasteiger partial charge in [-0.05, 0) is 54.7 Å². The van der Waals surface area contributed by atoms with Crippen molar-refractivity contribution in [2.75, 3.05) is 18.5 Å². The fraction of sp³-hybridized carbons (Fsp3) is 0.381. The predicted octanol–water partition coefficient (Wildman–Crippen LogP) is 4.86. The van der Waals surface area contributed by atoms with Gasteiger partial charge in [-0.25, -0.2) is 4.79 Å². The third-order valence-electron chi connectivity index (χ3n) is 4.00. The summed E-state index contributed by atoms with van der Waals surface area (Å²) in [5.74, 6) is -0.229.